The van der Waals surface area contributed by atoms with Crippen molar-refractivity contribution in [3.05, 3.63) is 29.8 Å². The average Bonchev–Trinajstić information content (AvgIpc) is 2.69. The van der Waals surface area contributed by atoms with Gasteiger partial charge in [-0.2, -0.15) is 4.31 Å². The topological polar surface area (TPSA) is 113 Å². The molecule has 8 nitrogen and oxygen atoms in total. The summed E-state index contributed by atoms with van der Waals surface area (Å²) in [7, 11) is -3.91. The van der Waals surface area contributed by atoms with Crippen molar-refractivity contribution < 1.29 is 27.9 Å². The second kappa shape index (κ2) is 8.37. The van der Waals surface area contributed by atoms with Crippen molar-refractivity contribution in [1.29, 1.82) is 0 Å². The van der Waals surface area contributed by atoms with Gasteiger partial charge < -0.3 is 15.2 Å². The van der Waals surface area contributed by atoms with Crippen LogP contribution in [0.25, 0.3) is 0 Å². The molecular formula is C18H24N2O6S. The molecule has 0 radical (unpaired) electrons. The van der Waals surface area contributed by atoms with Crippen molar-refractivity contribution in [2.75, 3.05) is 26.3 Å². The monoisotopic (exact) mass is 396 g/mol. The predicted octanol–water partition coefficient (Wildman–Crippen LogP) is 1.08. The van der Waals surface area contributed by atoms with Crippen molar-refractivity contribution >= 4 is 21.9 Å². The summed E-state index contributed by atoms with van der Waals surface area (Å²) >= 11 is 0. The van der Waals surface area contributed by atoms with Gasteiger partial charge in [-0.25, -0.2) is 13.2 Å². The summed E-state index contributed by atoms with van der Waals surface area (Å²) in [6.45, 7) is 1.62. The van der Waals surface area contributed by atoms with E-state index in [0.717, 1.165) is 19.4 Å². The molecular weight excluding hydrogens is 372 g/mol. The van der Waals surface area contributed by atoms with E-state index in [4.69, 9.17) is 4.74 Å². The van der Waals surface area contributed by atoms with Crippen LogP contribution in [0.4, 0.5) is 0 Å². The summed E-state index contributed by atoms with van der Waals surface area (Å²) in [6, 6.07) is 5.61. The van der Waals surface area contributed by atoms with Crippen LogP contribution in [-0.4, -0.2) is 62.1 Å². The summed E-state index contributed by atoms with van der Waals surface area (Å²) < 4.78 is 32.3. The number of carboxylic acids is 1. The van der Waals surface area contributed by atoms with Gasteiger partial charge in [-0.15, -0.1) is 0 Å². The predicted molar refractivity (Wildman–Crippen MR) is 96.9 cm³/mol. The van der Waals surface area contributed by atoms with Crippen LogP contribution < -0.4 is 5.32 Å². The summed E-state index contributed by atoms with van der Waals surface area (Å²) in [5, 5.41) is 12.2. The Labute approximate surface area is 158 Å². The standard InChI is InChI=1S/C18H24N2O6S/c21-17(19-14-4-3-11-26-12-14)13-7-9-20(10-8-13)27(24,25)16-6-2-1-5-15(16)18(22)23/h1-2,5-6,13-14H,3-4,7-12H2,(H,19,21)(H,22,23)/t14-/m1/s1. The number of aromatic carboxylic acids is 1. The zero-order chi connectivity index (χ0) is 19.4. The van der Waals surface area contributed by atoms with Crippen molar-refractivity contribution in [2.24, 2.45) is 5.92 Å². The van der Waals surface area contributed by atoms with E-state index in [2.05, 4.69) is 5.32 Å². The van der Waals surface area contributed by atoms with Crippen LogP contribution in [0.5, 0.6) is 0 Å². The van der Waals surface area contributed by atoms with Crippen molar-refractivity contribution in [3.8, 4) is 0 Å². The van der Waals surface area contributed by atoms with Crippen LogP contribution in [0, 0.1) is 5.92 Å². The summed E-state index contributed by atoms with van der Waals surface area (Å²) in [6.07, 6.45) is 2.64. The number of carbonyl (C=O) groups is 2. The first kappa shape index (κ1) is 19.8. The zero-order valence-electron chi connectivity index (χ0n) is 15.0. The number of carbonyl (C=O) groups excluding carboxylic acids is 1. The highest BCUT2D eigenvalue weighted by Gasteiger charge is 2.34. The van der Waals surface area contributed by atoms with Gasteiger partial charge in [0, 0.05) is 25.6 Å². The normalized spacial score (nSPS) is 22.3. The van der Waals surface area contributed by atoms with Crippen molar-refractivity contribution in [1.82, 2.24) is 9.62 Å². The number of sulfonamides is 1. The molecule has 2 heterocycles. The Balaban J connectivity index is 1.63. The second-order valence-corrected chi connectivity index (χ2v) is 8.81. The maximum absolute atomic E-state index is 12.9. The van der Waals surface area contributed by atoms with E-state index in [1.54, 1.807) is 0 Å². The van der Waals surface area contributed by atoms with E-state index in [0.29, 0.717) is 19.4 Å². The minimum atomic E-state index is -3.91. The van der Waals surface area contributed by atoms with Crippen molar-refractivity contribution in [3.63, 3.8) is 0 Å². The molecule has 0 aromatic heterocycles. The number of nitrogens with zero attached hydrogens (tertiary/aromatic N) is 1. The lowest BCUT2D eigenvalue weighted by Crippen LogP contribution is -2.47. The Bertz CT molecular complexity index is 796. The van der Waals surface area contributed by atoms with Crippen LogP contribution in [-0.2, 0) is 19.6 Å². The number of rotatable bonds is 5. The highest BCUT2D eigenvalue weighted by Crippen LogP contribution is 2.26. The van der Waals surface area contributed by atoms with Crippen LogP contribution in [0.1, 0.15) is 36.0 Å². The van der Waals surface area contributed by atoms with Gasteiger partial charge in [0.1, 0.15) is 0 Å². The van der Waals surface area contributed by atoms with E-state index >= 15 is 0 Å². The maximum atomic E-state index is 12.9. The molecule has 1 aromatic carbocycles. The van der Waals surface area contributed by atoms with Gasteiger partial charge in [-0.3, -0.25) is 4.79 Å². The minimum absolute atomic E-state index is 0.0236. The maximum Gasteiger partial charge on any atom is 0.337 e. The Morgan fingerprint density at radius 3 is 2.48 bits per heavy atom. The third-order valence-corrected chi connectivity index (χ3v) is 7.02. The van der Waals surface area contributed by atoms with Gasteiger partial charge in [-0.1, -0.05) is 12.1 Å². The first-order valence-electron chi connectivity index (χ1n) is 9.10. The van der Waals surface area contributed by atoms with E-state index in [1.165, 1.54) is 28.6 Å². The minimum Gasteiger partial charge on any atom is -0.478 e. The highest BCUT2D eigenvalue weighted by molar-refractivity contribution is 7.89. The molecule has 2 aliphatic heterocycles. The summed E-state index contributed by atoms with van der Waals surface area (Å²) in [4.78, 5) is 23.6. The lowest BCUT2D eigenvalue weighted by Gasteiger charge is -2.32. The Morgan fingerprint density at radius 2 is 1.85 bits per heavy atom. The van der Waals surface area contributed by atoms with E-state index in [1.807, 2.05) is 0 Å². The molecule has 0 aliphatic carbocycles. The number of piperidine rings is 1. The lowest BCUT2D eigenvalue weighted by atomic mass is 9.96. The number of hydrogen-bond donors (Lipinski definition) is 2. The average molecular weight is 396 g/mol. The molecule has 0 unspecified atom stereocenters. The molecule has 0 saturated carbocycles. The van der Waals surface area contributed by atoms with E-state index in [9.17, 15) is 23.1 Å². The molecule has 3 rings (SSSR count). The number of carboxylic acid groups (broad SMARTS) is 1. The molecule has 2 fully saturated rings. The third-order valence-electron chi connectivity index (χ3n) is 5.07. The number of hydrogen-bond acceptors (Lipinski definition) is 5. The number of ether oxygens (including phenoxy) is 1. The molecule has 1 aromatic rings. The Hall–Kier alpha value is -1.97. The molecule has 27 heavy (non-hydrogen) atoms. The van der Waals surface area contributed by atoms with Gasteiger partial charge in [0.2, 0.25) is 15.9 Å². The smallest absolute Gasteiger partial charge is 0.337 e. The highest BCUT2D eigenvalue weighted by atomic mass is 32.2. The van der Waals surface area contributed by atoms with Crippen LogP contribution in [0.3, 0.4) is 0 Å². The fraction of sp³-hybridized carbons (Fsp3) is 0.556. The zero-order valence-corrected chi connectivity index (χ0v) is 15.8. The van der Waals surface area contributed by atoms with Gasteiger partial charge in [0.25, 0.3) is 0 Å². The number of amides is 1. The van der Waals surface area contributed by atoms with Crippen molar-refractivity contribution in [2.45, 2.75) is 36.6 Å². The van der Waals surface area contributed by atoms with Crippen LogP contribution in [0.2, 0.25) is 0 Å². The second-order valence-electron chi connectivity index (χ2n) is 6.90. The van der Waals surface area contributed by atoms with Crippen LogP contribution in [0.15, 0.2) is 29.2 Å². The molecule has 1 amide bonds. The first-order chi connectivity index (χ1) is 12.9. The third kappa shape index (κ3) is 4.48. The fourth-order valence-electron chi connectivity index (χ4n) is 3.54. The number of nitrogens with one attached hydrogen (secondary N) is 1. The quantitative estimate of drug-likeness (QED) is 0.770. The van der Waals surface area contributed by atoms with E-state index < -0.39 is 16.0 Å². The summed E-state index contributed by atoms with van der Waals surface area (Å²) in [5.41, 5.74) is -0.241. The molecule has 1 atom stereocenters. The molecule has 2 N–H and O–H groups in total. The first-order valence-corrected chi connectivity index (χ1v) is 10.5. The lowest BCUT2D eigenvalue weighted by molar-refractivity contribution is -0.127. The van der Waals surface area contributed by atoms with Gasteiger partial charge in [0.15, 0.2) is 0 Å². The SMILES string of the molecule is O=C(O)c1ccccc1S(=O)(=O)N1CCC(C(=O)N[C@@H]2CCCOC2)CC1. The van der Waals surface area contributed by atoms with Gasteiger partial charge >= 0.3 is 5.97 Å². The fourth-order valence-corrected chi connectivity index (χ4v) is 5.19. The molecule has 0 bridgehead atoms. The Kier molecular flexibility index (Phi) is 6.13. The van der Waals surface area contributed by atoms with Gasteiger partial charge in [-0.05, 0) is 37.8 Å². The van der Waals surface area contributed by atoms with Gasteiger partial charge in [0.05, 0.1) is 23.1 Å². The molecule has 9 heteroatoms. The molecule has 2 saturated heterocycles. The Morgan fingerprint density at radius 1 is 1.15 bits per heavy atom. The number of benzene rings is 1. The molecule has 2 aliphatic rings. The largest absolute Gasteiger partial charge is 0.478 e. The summed E-state index contributed by atoms with van der Waals surface area (Å²) in [5.74, 6) is -1.58. The van der Waals surface area contributed by atoms with E-state index in [-0.39, 0.29) is 41.4 Å². The molecule has 148 valence electrons. The van der Waals surface area contributed by atoms with Crippen LogP contribution >= 0.6 is 0 Å². The molecule has 0 spiro atoms.